The van der Waals surface area contributed by atoms with Crippen molar-refractivity contribution in [3.8, 4) is 5.75 Å². The third kappa shape index (κ3) is 4.38. The fraction of sp³-hybridized carbons (Fsp3) is 0.478. The standard InChI is InChI=1S/C23H24ClF3N2O2/c1-2-17(21(30)29-20-6-4-16(24)12-28-20)14-7-9-22(10-8-14)13-31-19-11-15(23(25,26)27)3-5-18(19)22/h3-6,11-12,14,17H,2,7-10,13H2,1H3,(H,28,29,30). The Morgan fingerprint density at radius 1 is 1.29 bits per heavy atom. The van der Waals surface area contributed by atoms with Crippen LogP contribution in [0.25, 0.3) is 0 Å². The molecule has 1 aliphatic carbocycles. The number of aromatic nitrogens is 1. The third-order valence-corrected chi connectivity index (χ3v) is 6.92. The van der Waals surface area contributed by atoms with Crippen LogP contribution in [0.2, 0.25) is 5.02 Å². The van der Waals surface area contributed by atoms with Crippen molar-refractivity contribution in [2.24, 2.45) is 11.8 Å². The van der Waals surface area contributed by atoms with Crippen LogP contribution in [0.15, 0.2) is 36.5 Å². The number of benzene rings is 1. The van der Waals surface area contributed by atoms with Crippen LogP contribution in [-0.4, -0.2) is 17.5 Å². The topological polar surface area (TPSA) is 51.2 Å². The normalized spacial score (nSPS) is 23.8. The minimum Gasteiger partial charge on any atom is -0.492 e. The van der Waals surface area contributed by atoms with Crippen LogP contribution in [0, 0.1) is 11.8 Å². The zero-order valence-electron chi connectivity index (χ0n) is 17.1. The number of anilines is 1. The summed E-state index contributed by atoms with van der Waals surface area (Å²) in [6, 6.07) is 7.17. The Balaban J connectivity index is 1.43. The molecular formula is C23H24ClF3N2O2. The Bertz CT molecular complexity index is 954. The largest absolute Gasteiger partial charge is 0.492 e. The first-order chi connectivity index (χ1) is 14.7. The number of rotatable bonds is 4. The van der Waals surface area contributed by atoms with Crippen LogP contribution in [0.5, 0.6) is 5.75 Å². The van der Waals surface area contributed by atoms with Crippen molar-refractivity contribution in [3.63, 3.8) is 0 Å². The second-order valence-electron chi connectivity index (χ2n) is 8.48. The number of ether oxygens (including phenoxy) is 1. The summed E-state index contributed by atoms with van der Waals surface area (Å²) < 4.78 is 44.7. The van der Waals surface area contributed by atoms with Crippen molar-refractivity contribution >= 4 is 23.3 Å². The first kappa shape index (κ1) is 21.9. The lowest BCUT2D eigenvalue weighted by atomic mass is 9.65. The molecule has 1 aromatic heterocycles. The fourth-order valence-electron chi connectivity index (χ4n) is 4.96. The van der Waals surface area contributed by atoms with Gasteiger partial charge in [0.15, 0.2) is 0 Å². The van der Waals surface area contributed by atoms with E-state index < -0.39 is 11.7 Å². The zero-order valence-corrected chi connectivity index (χ0v) is 17.9. The van der Waals surface area contributed by atoms with Gasteiger partial charge in [-0.2, -0.15) is 13.2 Å². The quantitative estimate of drug-likeness (QED) is 0.597. The summed E-state index contributed by atoms with van der Waals surface area (Å²) in [5.41, 5.74) is -0.0834. The van der Waals surface area contributed by atoms with Crippen LogP contribution in [0.3, 0.4) is 0 Å². The number of carbonyl (C=O) groups excluding carboxylic acids is 1. The molecule has 0 bridgehead atoms. The molecule has 1 atom stereocenters. The maximum absolute atomic E-state index is 13.0. The summed E-state index contributed by atoms with van der Waals surface area (Å²) in [5, 5.41) is 3.38. The van der Waals surface area contributed by atoms with Crippen molar-refractivity contribution in [2.45, 2.75) is 50.6 Å². The van der Waals surface area contributed by atoms with Gasteiger partial charge in [-0.3, -0.25) is 4.79 Å². The molecule has 4 nitrogen and oxygen atoms in total. The van der Waals surface area contributed by atoms with Crippen molar-refractivity contribution < 1.29 is 22.7 Å². The maximum atomic E-state index is 13.0. The van der Waals surface area contributed by atoms with E-state index in [1.54, 1.807) is 18.2 Å². The highest BCUT2D eigenvalue weighted by Crippen LogP contribution is 2.51. The van der Waals surface area contributed by atoms with Gasteiger partial charge < -0.3 is 10.1 Å². The number of amides is 1. The van der Waals surface area contributed by atoms with Gasteiger partial charge in [0.25, 0.3) is 0 Å². The molecule has 2 heterocycles. The number of hydrogen-bond acceptors (Lipinski definition) is 3. The molecule has 0 radical (unpaired) electrons. The van der Waals surface area contributed by atoms with Gasteiger partial charge in [0.05, 0.1) is 17.2 Å². The first-order valence-corrected chi connectivity index (χ1v) is 10.9. The molecule has 2 aromatic rings. The molecule has 1 aromatic carbocycles. The lowest BCUT2D eigenvalue weighted by Crippen LogP contribution is -2.38. The number of nitrogens with one attached hydrogen (secondary N) is 1. The summed E-state index contributed by atoms with van der Waals surface area (Å²) >= 11 is 5.84. The van der Waals surface area contributed by atoms with Crippen LogP contribution >= 0.6 is 11.6 Å². The molecule has 1 fully saturated rings. The predicted octanol–water partition coefficient (Wildman–Crippen LogP) is 6.24. The summed E-state index contributed by atoms with van der Waals surface area (Å²) in [6.45, 7) is 2.39. The van der Waals surface area contributed by atoms with E-state index in [2.05, 4.69) is 10.3 Å². The van der Waals surface area contributed by atoms with Crippen LogP contribution in [0.4, 0.5) is 19.0 Å². The molecule has 0 saturated heterocycles. The van der Waals surface area contributed by atoms with Gasteiger partial charge >= 0.3 is 6.18 Å². The Morgan fingerprint density at radius 2 is 2.03 bits per heavy atom. The Kier molecular flexibility index (Phi) is 5.90. The lowest BCUT2D eigenvalue weighted by Gasteiger charge is -2.38. The van der Waals surface area contributed by atoms with Gasteiger partial charge in [-0.25, -0.2) is 4.98 Å². The lowest BCUT2D eigenvalue weighted by molar-refractivity contribution is -0.137. The van der Waals surface area contributed by atoms with Crippen LogP contribution < -0.4 is 10.1 Å². The minimum absolute atomic E-state index is 0.0591. The van der Waals surface area contributed by atoms with Gasteiger partial charge in [-0.1, -0.05) is 24.6 Å². The number of halogens is 4. The number of nitrogens with zero attached hydrogens (tertiary/aromatic N) is 1. The van der Waals surface area contributed by atoms with Gasteiger partial charge in [-0.15, -0.1) is 0 Å². The van der Waals surface area contributed by atoms with Crippen LogP contribution in [-0.2, 0) is 16.4 Å². The molecule has 31 heavy (non-hydrogen) atoms. The average molecular weight is 453 g/mol. The van der Waals surface area contributed by atoms with Crippen molar-refractivity contribution in [1.82, 2.24) is 4.98 Å². The van der Waals surface area contributed by atoms with Gasteiger partial charge in [0.1, 0.15) is 11.6 Å². The van der Waals surface area contributed by atoms with E-state index in [1.165, 1.54) is 6.20 Å². The molecule has 1 saturated carbocycles. The molecule has 166 valence electrons. The average Bonchev–Trinajstić information content (AvgIpc) is 3.09. The SMILES string of the molecule is CCC(C(=O)Nc1ccc(Cl)cn1)C1CCC2(CC1)COc1cc(C(F)(F)F)ccc12. The van der Waals surface area contributed by atoms with E-state index in [0.717, 1.165) is 43.4 Å². The van der Waals surface area contributed by atoms with Crippen molar-refractivity contribution in [1.29, 1.82) is 0 Å². The molecule has 8 heteroatoms. The van der Waals surface area contributed by atoms with E-state index in [4.69, 9.17) is 16.3 Å². The zero-order chi connectivity index (χ0) is 22.2. The summed E-state index contributed by atoms with van der Waals surface area (Å²) in [4.78, 5) is 17.0. The first-order valence-electron chi connectivity index (χ1n) is 10.5. The Hall–Kier alpha value is -2.28. The molecule has 4 rings (SSSR count). The fourth-order valence-corrected chi connectivity index (χ4v) is 5.07. The Morgan fingerprint density at radius 3 is 2.65 bits per heavy atom. The minimum atomic E-state index is -4.38. The smallest absolute Gasteiger partial charge is 0.416 e. The Labute approximate surface area is 184 Å². The predicted molar refractivity (Wildman–Crippen MR) is 112 cm³/mol. The van der Waals surface area contributed by atoms with E-state index >= 15 is 0 Å². The van der Waals surface area contributed by atoms with Crippen LogP contribution in [0.1, 0.15) is 50.2 Å². The monoisotopic (exact) mass is 452 g/mol. The highest BCUT2D eigenvalue weighted by Gasteiger charge is 2.46. The second kappa shape index (κ2) is 8.34. The van der Waals surface area contributed by atoms with Crippen molar-refractivity contribution in [3.05, 3.63) is 52.7 Å². The van der Waals surface area contributed by atoms with Gasteiger partial charge in [-0.05, 0) is 62.3 Å². The molecule has 1 spiro atoms. The number of fused-ring (bicyclic) bond motifs is 2. The summed E-state index contributed by atoms with van der Waals surface area (Å²) in [5.74, 6) is 0.812. The summed E-state index contributed by atoms with van der Waals surface area (Å²) in [7, 11) is 0. The molecule has 1 unspecified atom stereocenters. The van der Waals surface area contributed by atoms with E-state index in [1.807, 2.05) is 6.92 Å². The third-order valence-electron chi connectivity index (χ3n) is 6.70. The molecule has 2 aliphatic rings. The number of carbonyl (C=O) groups is 1. The summed E-state index contributed by atoms with van der Waals surface area (Å²) in [6.07, 6.45) is 1.04. The molecule has 1 amide bonds. The molecule has 1 N–H and O–H groups in total. The molecular weight excluding hydrogens is 429 g/mol. The van der Waals surface area contributed by atoms with Gasteiger partial charge in [0, 0.05) is 23.1 Å². The number of hydrogen-bond donors (Lipinski definition) is 1. The van der Waals surface area contributed by atoms with Crippen molar-refractivity contribution in [2.75, 3.05) is 11.9 Å². The van der Waals surface area contributed by atoms with Gasteiger partial charge in [0.2, 0.25) is 5.91 Å². The highest BCUT2D eigenvalue weighted by atomic mass is 35.5. The highest BCUT2D eigenvalue weighted by molar-refractivity contribution is 6.30. The van der Waals surface area contributed by atoms with E-state index in [0.29, 0.717) is 29.6 Å². The van der Waals surface area contributed by atoms with E-state index in [-0.39, 0.29) is 23.2 Å². The second-order valence-corrected chi connectivity index (χ2v) is 8.92. The van der Waals surface area contributed by atoms with E-state index in [9.17, 15) is 18.0 Å². The maximum Gasteiger partial charge on any atom is 0.416 e. The number of pyridine rings is 1. The molecule has 1 aliphatic heterocycles. The number of alkyl halides is 3.